The molecule has 2 aromatic carbocycles. The van der Waals surface area contributed by atoms with Crippen LogP contribution in [0, 0.1) is 5.92 Å². The Morgan fingerprint density at radius 2 is 1.80 bits per heavy atom. The molecule has 2 aliphatic heterocycles. The monoisotopic (exact) mass is 404 g/mol. The maximum absolute atomic E-state index is 13.6. The summed E-state index contributed by atoms with van der Waals surface area (Å²) in [7, 11) is 1.67. The molecule has 0 bridgehead atoms. The second kappa shape index (κ2) is 8.74. The van der Waals surface area contributed by atoms with Crippen molar-refractivity contribution >= 4 is 11.8 Å². The minimum absolute atomic E-state index is 0.0208. The van der Waals surface area contributed by atoms with Crippen LogP contribution in [0.3, 0.4) is 0 Å². The number of carbonyl (C=O) groups excluding carboxylic acids is 2. The molecule has 0 N–H and O–H groups in total. The predicted molar refractivity (Wildman–Crippen MR) is 116 cm³/mol. The van der Waals surface area contributed by atoms with E-state index in [1.165, 1.54) is 11.6 Å². The van der Waals surface area contributed by atoms with Crippen LogP contribution in [0.15, 0.2) is 61.2 Å². The van der Waals surface area contributed by atoms with E-state index in [1.807, 2.05) is 35.2 Å². The number of hydrogen-bond acceptors (Lipinski definition) is 3. The first-order valence-corrected chi connectivity index (χ1v) is 10.5. The van der Waals surface area contributed by atoms with E-state index in [0.717, 1.165) is 23.3 Å². The minimum atomic E-state index is -0.0581. The second-order valence-corrected chi connectivity index (χ2v) is 8.04. The van der Waals surface area contributed by atoms with Crippen molar-refractivity contribution in [1.29, 1.82) is 0 Å². The highest BCUT2D eigenvalue weighted by atomic mass is 16.5. The number of ether oxygens (including phenoxy) is 1. The zero-order valence-electron chi connectivity index (χ0n) is 17.4. The van der Waals surface area contributed by atoms with Gasteiger partial charge in [-0.1, -0.05) is 43.0 Å². The molecule has 1 fully saturated rings. The Morgan fingerprint density at radius 1 is 1.07 bits per heavy atom. The molecule has 2 heterocycles. The summed E-state index contributed by atoms with van der Waals surface area (Å²) in [5.41, 5.74) is 3.57. The van der Waals surface area contributed by atoms with E-state index in [4.69, 9.17) is 4.74 Å². The van der Waals surface area contributed by atoms with Gasteiger partial charge in [0.25, 0.3) is 0 Å². The smallest absolute Gasteiger partial charge is 0.245 e. The Bertz CT molecular complexity index is 933. The van der Waals surface area contributed by atoms with Gasteiger partial charge in [0, 0.05) is 25.6 Å². The summed E-state index contributed by atoms with van der Waals surface area (Å²) < 4.78 is 5.40. The molecule has 2 aliphatic rings. The molecule has 0 spiro atoms. The zero-order valence-corrected chi connectivity index (χ0v) is 17.4. The second-order valence-electron chi connectivity index (χ2n) is 8.04. The van der Waals surface area contributed by atoms with Gasteiger partial charge in [-0.05, 0) is 54.2 Å². The lowest BCUT2D eigenvalue weighted by Gasteiger charge is -2.41. The molecule has 0 radical (unpaired) electrons. The first kappa shape index (κ1) is 20.2. The number of likely N-dealkylation sites (tertiary alicyclic amines) is 1. The predicted octanol–water partition coefficient (Wildman–Crippen LogP) is 3.75. The maximum Gasteiger partial charge on any atom is 0.245 e. The number of nitrogens with zero attached hydrogens (tertiary/aromatic N) is 2. The molecule has 0 saturated carbocycles. The van der Waals surface area contributed by atoms with Crippen molar-refractivity contribution in [2.24, 2.45) is 5.92 Å². The normalized spacial score (nSPS) is 19.2. The van der Waals surface area contributed by atoms with Gasteiger partial charge in [-0.2, -0.15) is 0 Å². The van der Waals surface area contributed by atoms with Crippen molar-refractivity contribution < 1.29 is 14.3 Å². The van der Waals surface area contributed by atoms with Crippen LogP contribution < -0.4 is 4.74 Å². The Labute approximate surface area is 177 Å². The van der Waals surface area contributed by atoms with Gasteiger partial charge in [0.05, 0.1) is 13.2 Å². The van der Waals surface area contributed by atoms with E-state index in [0.29, 0.717) is 32.5 Å². The van der Waals surface area contributed by atoms with Crippen molar-refractivity contribution in [2.45, 2.75) is 31.8 Å². The summed E-state index contributed by atoms with van der Waals surface area (Å²) in [4.78, 5) is 29.3. The lowest BCUT2D eigenvalue weighted by atomic mass is 9.87. The molecule has 156 valence electrons. The minimum Gasteiger partial charge on any atom is -0.497 e. The molecule has 0 aromatic heterocycles. The Balaban J connectivity index is 1.59. The SMILES string of the molecule is C=CC(=O)N1CCC(C(=O)N2Cc3cc(OC)ccc3CC2c2ccccc2)CC1. The van der Waals surface area contributed by atoms with Gasteiger partial charge in [0.2, 0.25) is 11.8 Å². The van der Waals surface area contributed by atoms with Gasteiger partial charge in [0.1, 0.15) is 5.75 Å². The first-order valence-electron chi connectivity index (χ1n) is 10.5. The van der Waals surface area contributed by atoms with Crippen molar-refractivity contribution in [2.75, 3.05) is 20.2 Å². The standard InChI is InChI=1S/C25H28N2O3/c1-3-24(28)26-13-11-19(12-14-26)25(29)27-17-21-15-22(30-2)10-9-20(21)16-23(27)18-7-5-4-6-8-18/h3-10,15,19,23H,1,11-14,16-17H2,2H3. The van der Waals surface area contributed by atoms with Crippen molar-refractivity contribution in [3.05, 3.63) is 77.9 Å². The molecule has 2 aromatic rings. The highest BCUT2D eigenvalue weighted by Gasteiger charge is 2.36. The number of piperidine rings is 1. The van der Waals surface area contributed by atoms with Crippen LogP contribution >= 0.6 is 0 Å². The van der Waals surface area contributed by atoms with Crippen molar-refractivity contribution in [1.82, 2.24) is 9.80 Å². The number of hydrogen-bond donors (Lipinski definition) is 0. The van der Waals surface area contributed by atoms with E-state index < -0.39 is 0 Å². The topological polar surface area (TPSA) is 49.9 Å². The number of rotatable bonds is 4. The molecule has 5 nitrogen and oxygen atoms in total. The molecule has 0 aliphatic carbocycles. The molecular formula is C25H28N2O3. The Morgan fingerprint density at radius 3 is 2.47 bits per heavy atom. The van der Waals surface area contributed by atoms with Crippen LogP contribution in [0.4, 0.5) is 0 Å². The summed E-state index contributed by atoms with van der Waals surface area (Å²) in [6.45, 7) is 5.36. The number of fused-ring (bicyclic) bond motifs is 1. The third kappa shape index (κ3) is 3.97. The van der Waals surface area contributed by atoms with Gasteiger partial charge in [0.15, 0.2) is 0 Å². The Kier molecular flexibility index (Phi) is 5.88. The quantitative estimate of drug-likeness (QED) is 0.730. The molecule has 2 amide bonds. The van der Waals surface area contributed by atoms with Crippen LogP contribution in [0.2, 0.25) is 0 Å². The van der Waals surface area contributed by atoms with E-state index in [1.54, 1.807) is 12.0 Å². The lowest BCUT2D eigenvalue weighted by Crippen LogP contribution is -2.46. The highest BCUT2D eigenvalue weighted by molar-refractivity contribution is 5.87. The van der Waals surface area contributed by atoms with E-state index in [9.17, 15) is 9.59 Å². The fraction of sp³-hybridized carbons (Fsp3) is 0.360. The van der Waals surface area contributed by atoms with Crippen LogP contribution in [0.5, 0.6) is 5.75 Å². The van der Waals surface area contributed by atoms with E-state index in [2.05, 4.69) is 24.8 Å². The van der Waals surface area contributed by atoms with E-state index in [-0.39, 0.29) is 23.8 Å². The average Bonchev–Trinajstić information content (AvgIpc) is 2.82. The summed E-state index contributed by atoms with van der Waals surface area (Å²) >= 11 is 0. The number of carbonyl (C=O) groups is 2. The fourth-order valence-electron chi connectivity index (χ4n) is 4.60. The molecule has 1 unspecified atom stereocenters. The largest absolute Gasteiger partial charge is 0.497 e. The molecule has 5 heteroatoms. The van der Waals surface area contributed by atoms with E-state index >= 15 is 0 Å². The van der Waals surface area contributed by atoms with Crippen LogP contribution in [-0.2, 0) is 22.6 Å². The number of amides is 2. The third-order valence-corrected chi connectivity index (χ3v) is 6.34. The van der Waals surface area contributed by atoms with Crippen LogP contribution in [-0.4, -0.2) is 41.8 Å². The lowest BCUT2D eigenvalue weighted by molar-refractivity contribution is -0.142. The van der Waals surface area contributed by atoms with Gasteiger partial charge in [-0.15, -0.1) is 0 Å². The third-order valence-electron chi connectivity index (χ3n) is 6.34. The van der Waals surface area contributed by atoms with Gasteiger partial charge in [-0.3, -0.25) is 9.59 Å². The first-order chi connectivity index (χ1) is 14.6. The summed E-state index contributed by atoms with van der Waals surface area (Å²) in [6, 6.07) is 16.4. The average molecular weight is 405 g/mol. The molecule has 1 saturated heterocycles. The number of benzene rings is 2. The maximum atomic E-state index is 13.6. The summed E-state index contributed by atoms with van der Waals surface area (Å²) in [5, 5.41) is 0. The van der Waals surface area contributed by atoms with Crippen LogP contribution in [0.25, 0.3) is 0 Å². The van der Waals surface area contributed by atoms with Gasteiger partial charge in [-0.25, -0.2) is 0 Å². The fourth-order valence-corrected chi connectivity index (χ4v) is 4.60. The van der Waals surface area contributed by atoms with Gasteiger partial charge >= 0.3 is 0 Å². The van der Waals surface area contributed by atoms with Crippen LogP contribution in [0.1, 0.15) is 35.6 Å². The summed E-state index contributed by atoms with van der Waals surface area (Å²) in [5.74, 6) is 0.887. The molecule has 4 rings (SSSR count). The molecule has 1 atom stereocenters. The number of methoxy groups -OCH3 is 1. The van der Waals surface area contributed by atoms with Crippen molar-refractivity contribution in [3.8, 4) is 5.75 Å². The molecule has 30 heavy (non-hydrogen) atoms. The highest BCUT2D eigenvalue weighted by Crippen LogP contribution is 2.36. The summed E-state index contributed by atoms with van der Waals surface area (Å²) in [6.07, 6.45) is 3.54. The molecular weight excluding hydrogens is 376 g/mol. The van der Waals surface area contributed by atoms with Crippen molar-refractivity contribution in [3.63, 3.8) is 0 Å². The van der Waals surface area contributed by atoms with Gasteiger partial charge < -0.3 is 14.5 Å². The Hall–Kier alpha value is -3.08. The zero-order chi connectivity index (χ0) is 21.1.